The number of anilines is 3. The molecule has 3 heterocycles. The third-order valence-electron chi connectivity index (χ3n) is 8.27. The van der Waals surface area contributed by atoms with Crippen molar-refractivity contribution in [2.45, 2.75) is 52.3 Å². The number of urea groups is 2. The number of hydrazone groups is 1. The number of carbonyl (C=O) groups excluding carboxylic acids is 2. The second-order valence-corrected chi connectivity index (χ2v) is 11.8. The zero-order chi connectivity index (χ0) is 32.6. The SMILES string of the molecule is CCCCC1=NN(c2ccc(C)cc2)C(NC(=O)Nc2ccc(OCc3ccnc(NC(=O)N4CCOCC4)c3)c3ccccc23)C1. The van der Waals surface area contributed by atoms with Crippen LogP contribution in [-0.2, 0) is 11.3 Å². The van der Waals surface area contributed by atoms with Crippen LogP contribution in [0.5, 0.6) is 5.75 Å². The van der Waals surface area contributed by atoms with Crippen molar-refractivity contribution in [2.75, 3.05) is 41.9 Å². The molecule has 0 saturated carbocycles. The van der Waals surface area contributed by atoms with Gasteiger partial charge in [-0.2, -0.15) is 5.10 Å². The summed E-state index contributed by atoms with van der Waals surface area (Å²) in [5.74, 6) is 1.14. The van der Waals surface area contributed by atoms with Gasteiger partial charge in [-0.3, -0.25) is 5.32 Å². The largest absolute Gasteiger partial charge is 0.488 e. The summed E-state index contributed by atoms with van der Waals surface area (Å²) in [4.78, 5) is 32.0. The van der Waals surface area contributed by atoms with E-state index in [-0.39, 0.29) is 24.8 Å². The minimum atomic E-state index is -0.304. The van der Waals surface area contributed by atoms with Crippen LogP contribution in [0.25, 0.3) is 10.8 Å². The van der Waals surface area contributed by atoms with E-state index in [4.69, 9.17) is 14.6 Å². The van der Waals surface area contributed by atoms with Crippen LogP contribution in [0, 0.1) is 6.92 Å². The molecular weight excluding hydrogens is 594 g/mol. The van der Waals surface area contributed by atoms with Crippen LogP contribution in [0.1, 0.15) is 43.7 Å². The Morgan fingerprint density at radius 3 is 2.55 bits per heavy atom. The van der Waals surface area contributed by atoms with Gasteiger partial charge in [0.2, 0.25) is 0 Å². The first-order valence-corrected chi connectivity index (χ1v) is 16.2. The van der Waals surface area contributed by atoms with E-state index in [9.17, 15) is 9.59 Å². The summed E-state index contributed by atoms with van der Waals surface area (Å²) in [6.07, 6.45) is 5.10. The first kappa shape index (κ1) is 31.8. The lowest BCUT2D eigenvalue weighted by Crippen LogP contribution is -2.45. The van der Waals surface area contributed by atoms with E-state index in [0.717, 1.165) is 47.0 Å². The summed E-state index contributed by atoms with van der Waals surface area (Å²) < 4.78 is 11.6. The van der Waals surface area contributed by atoms with E-state index in [0.29, 0.717) is 50.0 Å². The molecule has 1 unspecified atom stereocenters. The summed E-state index contributed by atoms with van der Waals surface area (Å²) in [5, 5.41) is 17.6. The molecule has 1 fully saturated rings. The summed E-state index contributed by atoms with van der Waals surface area (Å²) in [6.45, 7) is 6.66. The number of rotatable bonds is 10. The van der Waals surface area contributed by atoms with Crippen molar-refractivity contribution >= 4 is 45.7 Å². The average molecular weight is 636 g/mol. The van der Waals surface area contributed by atoms with Crippen LogP contribution >= 0.6 is 0 Å². The molecule has 11 nitrogen and oxygen atoms in total. The standard InChI is InChI=1S/C36H41N7O4/c1-3-4-7-27-23-34(43(41-27)28-12-10-25(2)11-13-28)40-35(44)38-31-14-15-32(30-9-6-5-8-29(30)31)47-24-26-16-17-37-33(22-26)39-36(45)42-18-20-46-21-19-42/h5-6,8-17,22,34H,3-4,7,18-21,23-24H2,1-2H3,(H,37,39,45)(H2,38,40,44). The van der Waals surface area contributed by atoms with E-state index >= 15 is 0 Å². The second kappa shape index (κ2) is 15.0. The third kappa shape index (κ3) is 7.98. The number of ether oxygens (including phenoxy) is 2. The maximum absolute atomic E-state index is 13.4. The van der Waals surface area contributed by atoms with Gasteiger partial charge in [0.25, 0.3) is 0 Å². The number of fused-ring (bicyclic) bond motifs is 1. The Bertz CT molecular complexity index is 1740. The maximum Gasteiger partial charge on any atom is 0.323 e. The van der Waals surface area contributed by atoms with E-state index in [2.05, 4.69) is 46.9 Å². The lowest BCUT2D eigenvalue weighted by molar-refractivity contribution is 0.0564. The molecule has 2 aliphatic rings. The molecule has 3 N–H and O–H groups in total. The fourth-order valence-corrected chi connectivity index (χ4v) is 5.72. The van der Waals surface area contributed by atoms with Gasteiger partial charge >= 0.3 is 12.1 Å². The second-order valence-electron chi connectivity index (χ2n) is 11.8. The number of nitrogens with zero attached hydrogens (tertiary/aromatic N) is 4. The molecule has 6 rings (SSSR count). The van der Waals surface area contributed by atoms with Crippen LogP contribution in [0.2, 0.25) is 0 Å². The molecule has 2 aliphatic heterocycles. The van der Waals surface area contributed by atoms with Crippen LogP contribution < -0.4 is 25.7 Å². The van der Waals surface area contributed by atoms with Crippen LogP contribution in [0.3, 0.4) is 0 Å². The lowest BCUT2D eigenvalue weighted by atomic mass is 10.1. The molecule has 0 bridgehead atoms. The van der Waals surface area contributed by atoms with E-state index in [1.54, 1.807) is 17.2 Å². The highest BCUT2D eigenvalue weighted by Gasteiger charge is 2.29. The van der Waals surface area contributed by atoms with Crippen molar-refractivity contribution < 1.29 is 19.1 Å². The average Bonchev–Trinajstić information content (AvgIpc) is 3.49. The first-order valence-electron chi connectivity index (χ1n) is 16.2. The van der Waals surface area contributed by atoms with Crippen molar-refractivity contribution in [3.8, 4) is 5.75 Å². The molecule has 0 aliphatic carbocycles. The molecule has 1 aromatic heterocycles. The zero-order valence-corrected chi connectivity index (χ0v) is 26.9. The zero-order valence-electron chi connectivity index (χ0n) is 26.9. The Kier molecular flexibility index (Phi) is 10.1. The van der Waals surface area contributed by atoms with Crippen LogP contribution in [-0.4, -0.2) is 60.1 Å². The highest BCUT2D eigenvalue weighted by atomic mass is 16.5. The molecular formula is C36H41N7O4. The number of hydrogen-bond donors (Lipinski definition) is 3. The minimum Gasteiger partial charge on any atom is -0.488 e. The number of benzene rings is 3. The fraction of sp³-hybridized carbons (Fsp3) is 0.333. The van der Waals surface area contributed by atoms with Crippen LogP contribution in [0.4, 0.5) is 26.8 Å². The number of carbonyl (C=O) groups is 2. The first-order chi connectivity index (χ1) is 23.0. The molecule has 11 heteroatoms. The van der Waals surface area contributed by atoms with Crippen LogP contribution in [0.15, 0.2) is 84.1 Å². The quantitative estimate of drug-likeness (QED) is 0.175. The van der Waals surface area contributed by atoms with Crippen molar-refractivity contribution in [1.82, 2.24) is 15.2 Å². The number of nitrogens with one attached hydrogen (secondary N) is 3. The Hall–Kier alpha value is -5.16. The topological polar surface area (TPSA) is 120 Å². The van der Waals surface area contributed by atoms with Gasteiger partial charge in [0.05, 0.1) is 24.6 Å². The molecule has 4 aromatic rings. The van der Waals surface area contributed by atoms with Crippen molar-refractivity contribution in [2.24, 2.45) is 5.10 Å². The highest BCUT2D eigenvalue weighted by molar-refractivity contribution is 6.04. The molecule has 1 saturated heterocycles. The van der Waals surface area contributed by atoms with Gasteiger partial charge in [-0.05, 0) is 61.7 Å². The van der Waals surface area contributed by atoms with Gasteiger partial charge in [0, 0.05) is 42.2 Å². The molecule has 1 atom stereocenters. The predicted molar refractivity (Wildman–Crippen MR) is 185 cm³/mol. The minimum absolute atomic E-state index is 0.197. The predicted octanol–water partition coefficient (Wildman–Crippen LogP) is 6.89. The van der Waals surface area contributed by atoms with Crippen molar-refractivity contribution in [3.05, 3.63) is 90.1 Å². The Morgan fingerprint density at radius 2 is 1.77 bits per heavy atom. The number of aryl methyl sites for hydroxylation is 1. The molecule has 4 amide bonds. The molecule has 0 radical (unpaired) electrons. The van der Waals surface area contributed by atoms with Gasteiger partial charge < -0.3 is 25.0 Å². The maximum atomic E-state index is 13.4. The molecule has 244 valence electrons. The summed E-state index contributed by atoms with van der Waals surface area (Å²) >= 11 is 0. The Balaban J connectivity index is 1.11. The number of amides is 4. The highest BCUT2D eigenvalue weighted by Crippen LogP contribution is 2.32. The van der Waals surface area contributed by atoms with Gasteiger partial charge in [0.15, 0.2) is 0 Å². The summed E-state index contributed by atoms with van der Waals surface area (Å²) in [6, 6.07) is 22.9. The van der Waals surface area contributed by atoms with Gasteiger partial charge in [-0.25, -0.2) is 19.6 Å². The van der Waals surface area contributed by atoms with Gasteiger partial charge in [-0.15, -0.1) is 0 Å². The van der Waals surface area contributed by atoms with Gasteiger partial charge in [0.1, 0.15) is 24.3 Å². The fourth-order valence-electron chi connectivity index (χ4n) is 5.72. The molecule has 3 aromatic carbocycles. The van der Waals surface area contributed by atoms with E-state index in [1.165, 1.54) is 5.56 Å². The number of hydrogen-bond acceptors (Lipinski definition) is 7. The number of unbranched alkanes of at least 4 members (excludes halogenated alkanes) is 1. The van der Waals surface area contributed by atoms with E-state index in [1.807, 2.05) is 59.6 Å². The summed E-state index contributed by atoms with van der Waals surface area (Å²) in [5.41, 5.74) is 4.74. The smallest absolute Gasteiger partial charge is 0.323 e. The number of aromatic nitrogens is 1. The normalized spacial score (nSPS) is 16.1. The van der Waals surface area contributed by atoms with E-state index < -0.39 is 0 Å². The van der Waals surface area contributed by atoms with Crippen molar-refractivity contribution in [1.29, 1.82) is 0 Å². The van der Waals surface area contributed by atoms with Crippen molar-refractivity contribution in [3.63, 3.8) is 0 Å². The Labute approximate surface area is 274 Å². The van der Waals surface area contributed by atoms with Gasteiger partial charge in [-0.1, -0.05) is 55.3 Å². The lowest BCUT2D eigenvalue weighted by Gasteiger charge is -2.26. The number of morpholine rings is 1. The third-order valence-corrected chi connectivity index (χ3v) is 8.27. The number of pyridine rings is 1. The summed E-state index contributed by atoms with van der Waals surface area (Å²) in [7, 11) is 0. The Morgan fingerprint density at radius 1 is 0.979 bits per heavy atom. The molecule has 0 spiro atoms. The monoisotopic (exact) mass is 635 g/mol. The molecule has 47 heavy (non-hydrogen) atoms.